The van der Waals surface area contributed by atoms with Crippen LogP contribution in [0.4, 0.5) is 4.79 Å². The Morgan fingerprint density at radius 1 is 1.12 bits per heavy atom. The molecule has 0 N–H and O–H groups in total. The molecule has 1 aromatic carbocycles. The van der Waals surface area contributed by atoms with Crippen LogP contribution in [0.2, 0.25) is 0 Å². The lowest BCUT2D eigenvalue weighted by Crippen LogP contribution is -2.35. The van der Waals surface area contributed by atoms with Crippen LogP contribution in [0.3, 0.4) is 0 Å². The molecule has 1 aromatic rings. The predicted octanol–water partition coefficient (Wildman–Crippen LogP) is 3.84. The highest BCUT2D eigenvalue weighted by Crippen LogP contribution is 2.25. The number of carbonyl (C=O) groups is 3. The zero-order valence-electron chi connectivity index (χ0n) is 18.9. The Hall–Kier alpha value is -3.11. The van der Waals surface area contributed by atoms with E-state index in [1.54, 1.807) is 26.0 Å². The van der Waals surface area contributed by atoms with Crippen LogP contribution >= 0.6 is 0 Å². The lowest BCUT2D eigenvalue weighted by Gasteiger charge is -2.20. The molecule has 1 aliphatic rings. The number of imide groups is 1. The molecular weight excluding hydrogens is 452 g/mol. The molecule has 0 spiro atoms. The fourth-order valence-electron chi connectivity index (χ4n) is 3.83. The molecule has 12 heteroatoms. The van der Waals surface area contributed by atoms with Gasteiger partial charge in [-0.3, -0.25) is 14.4 Å². The maximum absolute atomic E-state index is 13.2. The molecule has 0 aliphatic carbocycles. The number of carbonyl (C=O) groups excluding carboxylic acids is 3. The quantitative estimate of drug-likeness (QED) is 0.116. The topological polar surface area (TPSA) is 156 Å². The zero-order chi connectivity index (χ0) is 24.6. The number of hydrogen-bond donors (Lipinski definition) is 0. The van der Waals surface area contributed by atoms with Gasteiger partial charge in [0.2, 0.25) is 0 Å². The zero-order valence-corrected chi connectivity index (χ0v) is 19.8. The Balaban J connectivity index is 2.14. The fraction of sp³-hybridized carbons (Fsp3) is 0.571. The van der Waals surface area contributed by atoms with Gasteiger partial charge in [-0.25, -0.2) is 13.2 Å². The van der Waals surface area contributed by atoms with Crippen molar-refractivity contribution in [1.29, 1.82) is 0 Å². The van der Waals surface area contributed by atoms with Gasteiger partial charge in [0.15, 0.2) is 9.84 Å². The standard InChI is InChI=1S/C21H28N4O7S/c1-14-11-15(2)20(16(3)12-14)33(29,30)13-17(7-5-4-6-10-23-24-22)31-21(28)32-25-18(26)8-9-19(25)27/h11-12,17H,4-10,13H2,1-3H3. The number of sulfone groups is 1. The van der Waals surface area contributed by atoms with E-state index in [1.807, 2.05) is 6.92 Å². The Morgan fingerprint density at radius 2 is 1.73 bits per heavy atom. The number of rotatable bonds is 11. The van der Waals surface area contributed by atoms with E-state index in [-0.39, 0.29) is 24.2 Å². The van der Waals surface area contributed by atoms with Crippen molar-refractivity contribution in [2.24, 2.45) is 5.11 Å². The van der Waals surface area contributed by atoms with Crippen molar-refractivity contribution in [2.45, 2.75) is 70.3 Å². The van der Waals surface area contributed by atoms with Crippen molar-refractivity contribution in [3.8, 4) is 0 Å². The minimum absolute atomic E-state index is 0.0684. The van der Waals surface area contributed by atoms with Gasteiger partial charge < -0.3 is 4.74 Å². The number of nitrogens with zero attached hydrogens (tertiary/aromatic N) is 4. The lowest BCUT2D eigenvalue weighted by molar-refractivity contribution is -0.178. The molecule has 1 aliphatic heterocycles. The molecule has 33 heavy (non-hydrogen) atoms. The third-order valence-electron chi connectivity index (χ3n) is 5.10. The summed E-state index contributed by atoms with van der Waals surface area (Å²) in [5, 5.41) is 3.79. The highest BCUT2D eigenvalue weighted by molar-refractivity contribution is 7.91. The van der Waals surface area contributed by atoms with Crippen LogP contribution in [0.5, 0.6) is 0 Å². The van der Waals surface area contributed by atoms with Gasteiger partial charge in [-0.2, -0.15) is 0 Å². The van der Waals surface area contributed by atoms with Crippen LogP contribution in [-0.2, 0) is 29.0 Å². The minimum atomic E-state index is -3.83. The van der Waals surface area contributed by atoms with Crippen LogP contribution in [0.1, 0.15) is 55.2 Å². The first-order valence-electron chi connectivity index (χ1n) is 10.6. The molecule has 2 amide bonds. The number of unbranched alkanes of at least 4 members (excludes halogenated alkanes) is 2. The molecule has 1 unspecified atom stereocenters. The van der Waals surface area contributed by atoms with Gasteiger partial charge in [-0.15, -0.1) is 0 Å². The first-order valence-corrected chi connectivity index (χ1v) is 12.3. The Bertz CT molecular complexity index is 1030. The van der Waals surface area contributed by atoms with Gasteiger partial charge in [-0.05, 0) is 56.7 Å². The molecule has 0 radical (unpaired) electrons. The summed E-state index contributed by atoms with van der Waals surface area (Å²) in [7, 11) is -3.83. The Kier molecular flexibility index (Phi) is 9.24. The van der Waals surface area contributed by atoms with E-state index in [2.05, 4.69) is 10.0 Å². The van der Waals surface area contributed by atoms with Crippen molar-refractivity contribution in [3.63, 3.8) is 0 Å². The lowest BCUT2D eigenvalue weighted by atomic mass is 10.1. The van der Waals surface area contributed by atoms with E-state index in [4.69, 9.17) is 15.1 Å². The largest absolute Gasteiger partial charge is 0.534 e. The van der Waals surface area contributed by atoms with E-state index in [9.17, 15) is 22.8 Å². The van der Waals surface area contributed by atoms with E-state index < -0.39 is 39.7 Å². The van der Waals surface area contributed by atoms with E-state index in [0.717, 1.165) is 5.56 Å². The second-order valence-corrected chi connectivity index (χ2v) is 9.95. The number of amides is 2. The third-order valence-corrected chi connectivity index (χ3v) is 7.18. The maximum Gasteiger partial charge on any atom is 0.534 e. The SMILES string of the molecule is Cc1cc(C)c(S(=O)(=O)CC(CCCCCN=[N+]=[N-])OC(=O)ON2C(=O)CCC2=O)c(C)c1. The number of aryl methyl sites for hydroxylation is 3. The van der Waals surface area contributed by atoms with Crippen LogP contribution in [0.25, 0.3) is 10.4 Å². The Morgan fingerprint density at radius 3 is 2.30 bits per heavy atom. The summed E-state index contributed by atoms with van der Waals surface area (Å²) >= 11 is 0. The normalized spacial score (nSPS) is 14.7. The van der Waals surface area contributed by atoms with E-state index in [1.165, 1.54) is 0 Å². The molecular formula is C21H28N4O7S. The van der Waals surface area contributed by atoms with Crippen LogP contribution in [0.15, 0.2) is 22.1 Å². The molecule has 0 saturated carbocycles. The van der Waals surface area contributed by atoms with Crippen LogP contribution in [0, 0.1) is 20.8 Å². The Labute approximate surface area is 192 Å². The van der Waals surface area contributed by atoms with Crippen molar-refractivity contribution >= 4 is 27.8 Å². The first-order chi connectivity index (χ1) is 15.5. The van der Waals surface area contributed by atoms with Crippen molar-refractivity contribution in [2.75, 3.05) is 12.3 Å². The summed E-state index contributed by atoms with van der Waals surface area (Å²) in [6.07, 6.45) is -0.582. The number of ether oxygens (including phenoxy) is 1. The van der Waals surface area contributed by atoms with Gasteiger partial charge in [0, 0.05) is 24.3 Å². The fourth-order valence-corrected chi connectivity index (χ4v) is 5.82. The van der Waals surface area contributed by atoms with Crippen molar-refractivity contribution < 1.29 is 32.4 Å². The first kappa shape index (κ1) is 26.1. The summed E-state index contributed by atoms with van der Waals surface area (Å²) < 4.78 is 31.6. The molecule has 1 heterocycles. The summed E-state index contributed by atoms with van der Waals surface area (Å²) in [6, 6.07) is 3.54. The van der Waals surface area contributed by atoms with Crippen LogP contribution in [-0.4, -0.2) is 49.9 Å². The molecule has 0 aromatic heterocycles. The highest BCUT2D eigenvalue weighted by atomic mass is 32.2. The average Bonchev–Trinajstić information content (AvgIpc) is 3.01. The molecule has 0 bridgehead atoms. The molecule has 1 atom stereocenters. The minimum Gasteiger partial charge on any atom is -0.428 e. The van der Waals surface area contributed by atoms with Crippen molar-refractivity contribution in [1.82, 2.24) is 5.06 Å². The van der Waals surface area contributed by atoms with E-state index >= 15 is 0 Å². The highest BCUT2D eigenvalue weighted by Gasteiger charge is 2.35. The summed E-state index contributed by atoms with van der Waals surface area (Å²) in [6.45, 7) is 5.59. The number of hydrogen-bond acceptors (Lipinski definition) is 8. The number of hydroxylamine groups is 2. The van der Waals surface area contributed by atoms with Gasteiger partial charge in [0.05, 0.1) is 10.6 Å². The molecule has 1 fully saturated rings. The second-order valence-electron chi connectivity index (χ2n) is 7.98. The smallest absolute Gasteiger partial charge is 0.428 e. The summed E-state index contributed by atoms with van der Waals surface area (Å²) in [5.41, 5.74) is 10.4. The second kappa shape index (κ2) is 11.7. The number of benzene rings is 1. The van der Waals surface area contributed by atoms with Crippen molar-refractivity contribution in [3.05, 3.63) is 39.3 Å². The van der Waals surface area contributed by atoms with Gasteiger partial charge in [0.1, 0.15) is 6.10 Å². The molecule has 11 nitrogen and oxygen atoms in total. The van der Waals surface area contributed by atoms with Gasteiger partial charge in [0.25, 0.3) is 11.8 Å². The van der Waals surface area contributed by atoms with Crippen LogP contribution < -0.4 is 0 Å². The maximum atomic E-state index is 13.2. The summed E-state index contributed by atoms with van der Waals surface area (Å²) in [5.74, 6) is -1.81. The monoisotopic (exact) mass is 480 g/mol. The average molecular weight is 481 g/mol. The number of azide groups is 1. The summed E-state index contributed by atoms with van der Waals surface area (Å²) in [4.78, 5) is 43.1. The van der Waals surface area contributed by atoms with Gasteiger partial charge in [-0.1, -0.05) is 34.3 Å². The third kappa shape index (κ3) is 7.47. The predicted molar refractivity (Wildman–Crippen MR) is 118 cm³/mol. The van der Waals surface area contributed by atoms with Gasteiger partial charge >= 0.3 is 6.16 Å². The van der Waals surface area contributed by atoms with E-state index in [0.29, 0.717) is 42.0 Å². The molecule has 1 saturated heterocycles. The molecule has 180 valence electrons. The molecule has 2 rings (SSSR count).